The van der Waals surface area contributed by atoms with Crippen LogP contribution >= 0.6 is 8.53 Å². The Hall–Kier alpha value is 0.310. The van der Waals surface area contributed by atoms with Crippen LogP contribution in [0.1, 0.15) is 47.5 Å². The fraction of sp³-hybridized carbons (Fsp3) is 1.00. The van der Waals surface area contributed by atoms with Crippen LogP contribution in [-0.2, 0) is 4.52 Å². The molecular formula is C8H22NO2P. The molecule has 0 fully saturated rings. The summed E-state index contributed by atoms with van der Waals surface area (Å²) in [6.07, 6.45) is 2.64. The summed E-state index contributed by atoms with van der Waals surface area (Å²) in [5.41, 5.74) is 4.65. The van der Waals surface area contributed by atoms with Gasteiger partial charge in [0, 0.05) is 0 Å². The van der Waals surface area contributed by atoms with Crippen LogP contribution in [0, 0.1) is 0 Å². The van der Waals surface area contributed by atoms with Gasteiger partial charge in [0.05, 0.1) is 5.60 Å². The molecule has 0 radical (unpaired) electrons. The number of unbranched alkanes of at least 4 members (excludes halogenated alkanes) is 1. The molecule has 0 aromatic rings. The van der Waals surface area contributed by atoms with Gasteiger partial charge >= 0.3 is 0 Å². The van der Waals surface area contributed by atoms with Crippen LogP contribution < -0.4 is 5.50 Å². The van der Waals surface area contributed by atoms with Crippen molar-refractivity contribution in [3.8, 4) is 0 Å². The zero-order valence-electron chi connectivity index (χ0n) is 8.79. The van der Waals surface area contributed by atoms with Crippen LogP contribution in [0.5, 0.6) is 0 Å². The second-order valence-corrected chi connectivity index (χ2v) is 4.29. The van der Waals surface area contributed by atoms with E-state index in [-0.39, 0.29) is 5.60 Å². The molecule has 12 heavy (non-hydrogen) atoms. The lowest BCUT2D eigenvalue weighted by molar-refractivity contribution is 0.133. The Morgan fingerprint density at radius 2 is 1.58 bits per heavy atom. The Bertz CT molecular complexity index is 89.5. The highest BCUT2D eigenvalue weighted by Crippen LogP contribution is 2.27. The molecule has 0 spiro atoms. The largest absolute Gasteiger partial charge is 0.338 e. The second-order valence-electron chi connectivity index (χ2n) is 3.51. The maximum Gasteiger partial charge on any atom is 0.250 e. The lowest BCUT2D eigenvalue weighted by Gasteiger charge is -2.19. The molecule has 0 amide bonds. The maximum atomic E-state index is 8.51. The van der Waals surface area contributed by atoms with Crippen LogP contribution in [0.4, 0.5) is 0 Å². The van der Waals surface area contributed by atoms with Crippen molar-refractivity contribution in [1.82, 2.24) is 0 Å². The Morgan fingerprint density at radius 3 is 1.58 bits per heavy atom. The van der Waals surface area contributed by atoms with Crippen molar-refractivity contribution in [1.29, 1.82) is 0 Å². The first-order chi connectivity index (χ1) is 5.33. The first kappa shape index (κ1) is 14.8. The molecule has 0 rings (SSSR count). The molecule has 3 nitrogen and oxygen atoms in total. The average molecular weight is 195 g/mol. The molecular weight excluding hydrogens is 173 g/mol. The van der Waals surface area contributed by atoms with Crippen molar-refractivity contribution in [3.05, 3.63) is 0 Å². The second kappa shape index (κ2) is 7.93. The van der Waals surface area contributed by atoms with E-state index in [1.165, 1.54) is 12.8 Å². The van der Waals surface area contributed by atoms with Crippen molar-refractivity contribution < 1.29 is 9.42 Å². The van der Waals surface area contributed by atoms with Crippen LogP contribution in [0.15, 0.2) is 0 Å². The van der Waals surface area contributed by atoms with Gasteiger partial charge in [0.1, 0.15) is 0 Å². The Labute approximate surface area is 77.3 Å². The summed E-state index contributed by atoms with van der Waals surface area (Å²) in [7, 11) is -1.69. The van der Waals surface area contributed by atoms with E-state index in [4.69, 9.17) is 14.9 Å². The van der Waals surface area contributed by atoms with Gasteiger partial charge in [0.2, 0.25) is 0 Å². The van der Waals surface area contributed by atoms with Crippen molar-refractivity contribution in [3.63, 3.8) is 0 Å². The minimum Gasteiger partial charge on any atom is -0.338 e. The Balaban J connectivity index is 0. The summed E-state index contributed by atoms with van der Waals surface area (Å²) in [5, 5.41) is 0. The Morgan fingerprint density at radius 1 is 1.25 bits per heavy atom. The highest BCUT2D eigenvalue weighted by Gasteiger charge is 2.13. The zero-order chi connectivity index (χ0) is 10.2. The minimum absolute atomic E-state index is 0.324. The van der Waals surface area contributed by atoms with E-state index in [0.717, 1.165) is 0 Å². The molecule has 1 atom stereocenters. The van der Waals surface area contributed by atoms with Crippen molar-refractivity contribution in [2.24, 2.45) is 5.50 Å². The van der Waals surface area contributed by atoms with Gasteiger partial charge in [0.15, 0.2) is 0 Å². The smallest absolute Gasteiger partial charge is 0.250 e. The minimum atomic E-state index is -1.69. The molecule has 76 valence electrons. The molecule has 0 bridgehead atoms. The zero-order valence-corrected chi connectivity index (χ0v) is 9.69. The molecule has 4 heteroatoms. The monoisotopic (exact) mass is 195 g/mol. The fourth-order valence-electron chi connectivity index (χ4n) is 0.281. The SMILES string of the molecule is CC(C)(C)OP(N)O.CCCC. The quantitative estimate of drug-likeness (QED) is 0.666. The topological polar surface area (TPSA) is 55.5 Å². The van der Waals surface area contributed by atoms with Crippen molar-refractivity contribution in [2.75, 3.05) is 0 Å². The van der Waals surface area contributed by atoms with E-state index >= 15 is 0 Å². The van der Waals surface area contributed by atoms with E-state index in [2.05, 4.69) is 13.8 Å². The van der Waals surface area contributed by atoms with Gasteiger partial charge in [0.25, 0.3) is 8.53 Å². The van der Waals surface area contributed by atoms with Gasteiger partial charge in [-0.3, -0.25) is 5.50 Å². The normalized spacial score (nSPS) is 13.2. The van der Waals surface area contributed by atoms with Crippen molar-refractivity contribution in [2.45, 2.75) is 53.1 Å². The molecule has 0 aliphatic carbocycles. The number of rotatable bonds is 2. The summed E-state index contributed by atoms with van der Waals surface area (Å²) in [6, 6.07) is 0. The molecule has 0 heterocycles. The van der Waals surface area contributed by atoms with Crippen LogP contribution in [0.25, 0.3) is 0 Å². The molecule has 0 aliphatic rings. The van der Waals surface area contributed by atoms with Gasteiger partial charge in [-0.1, -0.05) is 26.7 Å². The van der Waals surface area contributed by atoms with Crippen LogP contribution in [0.3, 0.4) is 0 Å². The summed E-state index contributed by atoms with van der Waals surface area (Å²) in [5.74, 6) is 0. The molecule has 3 N–H and O–H groups in total. The van der Waals surface area contributed by atoms with Gasteiger partial charge in [-0.25, -0.2) is 0 Å². The van der Waals surface area contributed by atoms with Crippen LogP contribution in [0.2, 0.25) is 0 Å². The predicted molar refractivity (Wildman–Crippen MR) is 54.7 cm³/mol. The van der Waals surface area contributed by atoms with Gasteiger partial charge in [-0.15, -0.1) is 0 Å². The molecule has 0 saturated heterocycles. The van der Waals surface area contributed by atoms with Gasteiger partial charge in [-0.2, -0.15) is 0 Å². The summed E-state index contributed by atoms with van der Waals surface area (Å²) in [4.78, 5) is 8.51. The molecule has 0 aromatic carbocycles. The first-order valence-corrected chi connectivity index (χ1v) is 5.54. The molecule has 0 aliphatic heterocycles. The highest BCUT2D eigenvalue weighted by atomic mass is 31.2. The average Bonchev–Trinajstić information content (AvgIpc) is 1.83. The molecule has 1 unspecified atom stereocenters. The van der Waals surface area contributed by atoms with E-state index in [1.807, 2.05) is 20.8 Å². The summed E-state index contributed by atoms with van der Waals surface area (Å²) >= 11 is 0. The number of hydrogen-bond acceptors (Lipinski definition) is 3. The lowest BCUT2D eigenvalue weighted by atomic mass is 10.2. The fourth-order valence-corrected chi connectivity index (χ4v) is 0.842. The molecule has 0 saturated carbocycles. The van der Waals surface area contributed by atoms with E-state index < -0.39 is 8.53 Å². The third-order valence-corrected chi connectivity index (χ3v) is 1.60. The predicted octanol–water partition coefficient (Wildman–Crippen LogP) is 2.79. The third kappa shape index (κ3) is 22.4. The first-order valence-electron chi connectivity index (χ1n) is 4.26. The standard InChI is InChI=1S/C4H12NO2P.C4H10/c1-4(2,3)7-8(5)6;1-3-4-2/h6H,5H2,1-3H3;3-4H2,1-2H3. The molecule has 0 aromatic heterocycles. The van der Waals surface area contributed by atoms with Gasteiger partial charge < -0.3 is 9.42 Å². The summed E-state index contributed by atoms with van der Waals surface area (Å²) < 4.78 is 4.84. The van der Waals surface area contributed by atoms with Gasteiger partial charge in [-0.05, 0) is 20.8 Å². The van der Waals surface area contributed by atoms with Crippen molar-refractivity contribution >= 4 is 8.53 Å². The van der Waals surface area contributed by atoms with Crippen LogP contribution in [-0.4, -0.2) is 10.5 Å². The lowest BCUT2D eigenvalue weighted by Crippen LogP contribution is -2.17. The number of nitrogens with two attached hydrogens (primary N) is 1. The highest BCUT2D eigenvalue weighted by molar-refractivity contribution is 7.43. The number of hydrogen-bond donors (Lipinski definition) is 2. The summed E-state index contributed by atoms with van der Waals surface area (Å²) in [6.45, 7) is 9.88. The van der Waals surface area contributed by atoms with E-state index in [0.29, 0.717) is 0 Å². The van der Waals surface area contributed by atoms with E-state index in [9.17, 15) is 0 Å². The van der Waals surface area contributed by atoms with E-state index in [1.54, 1.807) is 0 Å². The third-order valence-electron chi connectivity index (χ3n) is 0.867. The maximum absolute atomic E-state index is 8.51. The Kier molecular flexibility index (Phi) is 9.79.